The number of sulfonamides is 1. The van der Waals surface area contributed by atoms with Gasteiger partial charge in [-0.25, -0.2) is 8.42 Å². The molecule has 0 aliphatic rings. The molecule has 1 unspecified atom stereocenters. The summed E-state index contributed by atoms with van der Waals surface area (Å²) in [5.41, 5.74) is 1.61. The summed E-state index contributed by atoms with van der Waals surface area (Å²) >= 11 is 5.87. The third-order valence-corrected chi connectivity index (χ3v) is 6.24. The van der Waals surface area contributed by atoms with E-state index >= 15 is 0 Å². The fraction of sp³-hybridized carbons (Fsp3) is 0.250. The van der Waals surface area contributed by atoms with E-state index in [1.165, 1.54) is 29.6 Å². The molecule has 1 amide bonds. The molecule has 8 heteroatoms. The van der Waals surface area contributed by atoms with E-state index in [0.717, 1.165) is 5.56 Å². The molecule has 0 fully saturated rings. The molecule has 0 aliphatic carbocycles. The molecule has 2 aromatic carbocycles. The van der Waals surface area contributed by atoms with Gasteiger partial charge in [0.05, 0.1) is 17.5 Å². The maximum absolute atomic E-state index is 12.4. The van der Waals surface area contributed by atoms with Crippen LogP contribution in [0.15, 0.2) is 66.1 Å². The molecule has 0 bridgehead atoms. The Bertz CT molecular complexity index is 913. The van der Waals surface area contributed by atoms with Gasteiger partial charge in [0.25, 0.3) is 0 Å². The second-order valence-electron chi connectivity index (χ2n) is 6.29. The molecule has 28 heavy (non-hydrogen) atoms. The lowest BCUT2D eigenvalue weighted by molar-refractivity contribution is -0.120. The Labute approximate surface area is 171 Å². The molecule has 2 rings (SSSR count). The van der Waals surface area contributed by atoms with Crippen molar-refractivity contribution in [2.75, 3.05) is 25.5 Å². The maximum Gasteiger partial charge on any atom is 0.243 e. The van der Waals surface area contributed by atoms with Crippen LogP contribution in [-0.2, 0) is 14.8 Å². The predicted octanol–water partition coefficient (Wildman–Crippen LogP) is 3.44. The van der Waals surface area contributed by atoms with Crippen LogP contribution in [0.1, 0.15) is 18.5 Å². The minimum absolute atomic E-state index is 0.0698. The maximum atomic E-state index is 12.4. The van der Waals surface area contributed by atoms with E-state index in [-0.39, 0.29) is 29.9 Å². The summed E-state index contributed by atoms with van der Waals surface area (Å²) < 4.78 is 25.9. The number of carbonyl (C=O) groups is 1. The van der Waals surface area contributed by atoms with E-state index < -0.39 is 10.0 Å². The Morgan fingerprint density at radius 2 is 1.79 bits per heavy atom. The van der Waals surface area contributed by atoms with E-state index in [9.17, 15) is 13.2 Å². The average molecular weight is 422 g/mol. The van der Waals surface area contributed by atoms with Crippen LogP contribution in [0.2, 0.25) is 5.02 Å². The third kappa shape index (κ3) is 5.82. The first kappa shape index (κ1) is 21.9. The zero-order chi connectivity index (χ0) is 20.7. The molecule has 0 aliphatic heterocycles. The summed E-state index contributed by atoms with van der Waals surface area (Å²) in [5.74, 6) is -0.176. The minimum atomic E-state index is -3.55. The molecule has 0 aromatic heterocycles. The first-order chi connectivity index (χ1) is 13.2. The first-order valence-electron chi connectivity index (χ1n) is 8.70. The topological polar surface area (TPSA) is 78.5 Å². The van der Waals surface area contributed by atoms with Gasteiger partial charge in [0.15, 0.2) is 0 Å². The van der Waals surface area contributed by atoms with Gasteiger partial charge >= 0.3 is 0 Å². The zero-order valence-corrected chi connectivity index (χ0v) is 17.4. The van der Waals surface area contributed by atoms with Crippen LogP contribution in [0.5, 0.6) is 0 Å². The fourth-order valence-corrected chi connectivity index (χ4v) is 3.78. The van der Waals surface area contributed by atoms with E-state index in [4.69, 9.17) is 11.6 Å². The third-order valence-electron chi connectivity index (χ3n) is 4.15. The quantitative estimate of drug-likeness (QED) is 0.608. The van der Waals surface area contributed by atoms with E-state index in [1.54, 1.807) is 24.3 Å². The summed E-state index contributed by atoms with van der Waals surface area (Å²) in [6.45, 7) is 5.74. The van der Waals surface area contributed by atoms with Crippen molar-refractivity contribution < 1.29 is 13.2 Å². The normalized spacial score (nSPS) is 12.4. The van der Waals surface area contributed by atoms with Gasteiger partial charge in [0.2, 0.25) is 15.9 Å². The summed E-state index contributed by atoms with van der Waals surface area (Å²) in [7, 11) is -2.06. The highest BCUT2D eigenvalue weighted by atomic mass is 35.5. The number of benzene rings is 2. The monoisotopic (exact) mass is 421 g/mol. The standard InChI is InChI=1S/C20H24ClN3O3S/c1-4-13-24(3)28(26,27)19-11-9-18(10-12-19)22-14-20(25)23-15(2)16-5-7-17(21)8-6-16/h4-12,15,22H,1,13-14H2,2-3H3,(H,23,25). The summed E-state index contributed by atoms with van der Waals surface area (Å²) in [6.07, 6.45) is 1.52. The number of hydrogen-bond donors (Lipinski definition) is 2. The molecule has 1 atom stereocenters. The van der Waals surface area contributed by atoms with Crippen molar-refractivity contribution in [3.05, 3.63) is 71.8 Å². The van der Waals surface area contributed by atoms with E-state index in [1.807, 2.05) is 19.1 Å². The highest BCUT2D eigenvalue weighted by molar-refractivity contribution is 7.89. The van der Waals surface area contributed by atoms with Crippen LogP contribution in [-0.4, -0.2) is 38.8 Å². The molecular formula is C20H24ClN3O3S. The van der Waals surface area contributed by atoms with Gasteiger partial charge in [-0.3, -0.25) is 4.79 Å². The number of carbonyl (C=O) groups excluding carboxylic acids is 1. The lowest BCUT2D eigenvalue weighted by atomic mass is 10.1. The number of amides is 1. The van der Waals surface area contributed by atoms with Gasteiger partial charge in [0.1, 0.15) is 0 Å². The summed E-state index contributed by atoms with van der Waals surface area (Å²) in [5, 5.41) is 6.52. The van der Waals surface area contributed by atoms with Crippen molar-refractivity contribution in [3.63, 3.8) is 0 Å². The first-order valence-corrected chi connectivity index (χ1v) is 10.5. The van der Waals surface area contributed by atoms with Crippen LogP contribution >= 0.6 is 11.6 Å². The predicted molar refractivity (Wildman–Crippen MR) is 113 cm³/mol. The van der Waals surface area contributed by atoms with Gasteiger partial charge in [0, 0.05) is 24.3 Å². The van der Waals surface area contributed by atoms with Gasteiger partial charge in [-0.2, -0.15) is 4.31 Å². The molecule has 2 aromatic rings. The number of anilines is 1. The lowest BCUT2D eigenvalue weighted by Gasteiger charge is -2.16. The molecule has 2 N–H and O–H groups in total. The Hall–Kier alpha value is -2.35. The second-order valence-corrected chi connectivity index (χ2v) is 8.77. The molecule has 6 nitrogen and oxygen atoms in total. The Balaban J connectivity index is 1.91. The fourth-order valence-electron chi connectivity index (χ4n) is 2.51. The van der Waals surface area contributed by atoms with Gasteiger partial charge < -0.3 is 10.6 Å². The minimum Gasteiger partial charge on any atom is -0.376 e. The van der Waals surface area contributed by atoms with Crippen molar-refractivity contribution in [3.8, 4) is 0 Å². The van der Waals surface area contributed by atoms with Crippen molar-refractivity contribution in [1.82, 2.24) is 9.62 Å². The van der Waals surface area contributed by atoms with Gasteiger partial charge in [-0.15, -0.1) is 6.58 Å². The van der Waals surface area contributed by atoms with Crippen molar-refractivity contribution in [2.45, 2.75) is 17.9 Å². The SMILES string of the molecule is C=CCN(C)S(=O)(=O)c1ccc(NCC(=O)NC(C)c2ccc(Cl)cc2)cc1. The highest BCUT2D eigenvalue weighted by Crippen LogP contribution is 2.18. The average Bonchev–Trinajstić information content (AvgIpc) is 2.67. The van der Waals surface area contributed by atoms with E-state index in [2.05, 4.69) is 17.2 Å². The van der Waals surface area contributed by atoms with E-state index in [0.29, 0.717) is 10.7 Å². The number of nitrogens with one attached hydrogen (secondary N) is 2. The summed E-state index contributed by atoms with van der Waals surface area (Å²) in [6, 6.07) is 13.4. The van der Waals surface area contributed by atoms with Crippen LogP contribution in [0.3, 0.4) is 0 Å². The van der Waals surface area contributed by atoms with Gasteiger partial charge in [-0.05, 0) is 48.9 Å². The Morgan fingerprint density at radius 1 is 1.18 bits per heavy atom. The van der Waals surface area contributed by atoms with Crippen molar-refractivity contribution in [2.24, 2.45) is 0 Å². The van der Waals surface area contributed by atoms with Crippen LogP contribution in [0.4, 0.5) is 5.69 Å². The lowest BCUT2D eigenvalue weighted by Crippen LogP contribution is -2.32. The molecule has 0 saturated carbocycles. The number of hydrogen-bond acceptors (Lipinski definition) is 4. The number of likely N-dealkylation sites (N-methyl/N-ethyl adjacent to an activating group) is 1. The van der Waals surface area contributed by atoms with Crippen LogP contribution in [0, 0.1) is 0 Å². The van der Waals surface area contributed by atoms with Crippen LogP contribution in [0.25, 0.3) is 0 Å². The molecule has 0 saturated heterocycles. The van der Waals surface area contributed by atoms with Crippen LogP contribution < -0.4 is 10.6 Å². The summed E-state index contributed by atoms with van der Waals surface area (Å²) in [4.78, 5) is 12.3. The van der Waals surface area contributed by atoms with Crippen molar-refractivity contribution in [1.29, 1.82) is 0 Å². The highest BCUT2D eigenvalue weighted by Gasteiger charge is 2.19. The smallest absolute Gasteiger partial charge is 0.243 e. The molecule has 0 heterocycles. The molecule has 0 spiro atoms. The molecule has 0 radical (unpaired) electrons. The Kier molecular flexibility index (Phi) is 7.62. The number of halogens is 1. The van der Waals surface area contributed by atoms with Gasteiger partial charge in [-0.1, -0.05) is 29.8 Å². The largest absolute Gasteiger partial charge is 0.376 e. The number of nitrogens with zero attached hydrogens (tertiary/aromatic N) is 1. The Morgan fingerprint density at radius 3 is 2.36 bits per heavy atom. The van der Waals surface area contributed by atoms with Crippen molar-refractivity contribution >= 4 is 33.2 Å². The molecule has 150 valence electrons. The second kappa shape index (κ2) is 9.73. The zero-order valence-electron chi connectivity index (χ0n) is 15.9. The molecular weight excluding hydrogens is 398 g/mol. The number of rotatable bonds is 9.